The number of anilines is 1. The second-order valence-electron chi connectivity index (χ2n) is 5.31. The van der Waals surface area contributed by atoms with Crippen LogP contribution in [0.4, 0.5) is 5.69 Å². The number of amides is 2. The summed E-state index contributed by atoms with van der Waals surface area (Å²) in [5.41, 5.74) is 0.792. The average molecular weight is 358 g/mol. The molecule has 0 spiro atoms. The molecular formula is C19H22N2O5. The Hall–Kier alpha value is -3.06. The fourth-order valence-electron chi connectivity index (χ4n) is 2.18. The Kier molecular flexibility index (Phi) is 7.45. The van der Waals surface area contributed by atoms with Crippen LogP contribution in [0, 0.1) is 0 Å². The molecule has 0 heterocycles. The summed E-state index contributed by atoms with van der Waals surface area (Å²) in [5.74, 6) is 0.503. The number of benzene rings is 2. The monoisotopic (exact) mass is 358 g/mol. The van der Waals surface area contributed by atoms with Gasteiger partial charge in [-0.2, -0.15) is 0 Å². The van der Waals surface area contributed by atoms with Crippen LogP contribution in [-0.4, -0.2) is 45.8 Å². The zero-order valence-corrected chi connectivity index (χ0v) is 14.8. The predicted molar refractivity (Wildman–Crippen MR) is 97.8 cm³/mol. The molecule has 0 unspecified atom stereocenters. The molecule has 2 rings (SSSR count). The second-order valence-corrected chi connectivity index (χ2v) is 5.31. The Morgan fingerprint density at radius 2 is 1.77 bits per heavy atom. The van der Waals surface area contributed by atoms with Gasteiger partial charge in [-0.3, -0.25) is 9.59 Å². The third-order valence-corrected chi connectivity index (χ3v) is 3.45. The van der Waals surface area contributed by atoms with Gasteiger partial charge in [-0.1, -0.05) is 18.2 Å². The van der Waals surface area contributed by atoms with Crippen molar-refractivity contribution in [3.05, 3.63) is 54.1 Å². The lowest BCUT2D eigenvalue weighted by molar-refractivity contribution is -0.118. The summed E-state index contributed by atoms with van der Waals surface area (Å²) in [6.45, 7) is 0.609. The van der Waals surface area contributed by atoms with Crippen LogP contribution < -0.4 is 20.1 Å². The fourth-order valence-corrected chi connectivity index (χ4v) is 2.18. The molecule has 0 aromatic heterocycles. The van der Waals surface area contributed by atoms with Crippen molar-refractivity contribution in [2.45, 2.75) is 0 Å². The highest BCUT2D eigenvalue weighted by Crippen LogP contribution is 2.19. The normalized spacial score (nSPS) is 10.1. The Bertz CT molecular complexity index is 748. The highest BCUT2D eigenvalue weighted by atomic mass is 16.5. The number of ether oxygens (including phenoxy) is 3. The third kappa shape index (κ3) is 5.78. The van der Waals surface area contributed by atoms with Crippen LogP contribution in [0.15, 0.2) is 48.5 Å². The first kappa shape index (κ1) is 19.3. The maximum Gasteiger partial charge on any atom is 0.262 e. The Balaban J connectivity index is 1.95. The quantitative estimate of drug-likeness (QED) is 0.671. The lowest BCUT2D eigenvalue weighted by atomic mass is 10.1. The van der Waals surface area contributed by atoms with E-state index in [9.17, 15) is 9.59 Å². The lowest BCUT2D eigenvalue weighted by Gasteiger charge is -2.12. The molecule has 0 aliphatic carbocycles. The van der Waals surface area contributed by atoms with Crippen LogP contribution in [0.25, 0.3) is 0 Å². The van der Waals surface area contributed by atoms with Crippen LogP contribution in [0.2, 0.25) is 0 Å². The van der Waals surface area contributed by atoms with Crippen molar-refractivity contribution in [2.75, 3.05) is 39.3 Å². The van der Waals surface area contributed by atoms with Crippen molar-refractivity contribution >= 4 is 17.5 Å². The van der Waals surface area contributed by atoms with E-state index in [0.717, 1.165) is 0 Å². The number of hydrogen-bond donors (Lipinski definition) is 2. The molecule has 0 radical (unpaired) electrons. The van der Waals surface area contributed by atoms with E-state index in [-0.39, 0.29) is 18.4 Å². The van der Waals surface area contributed by atoms with E-state index < -0.39 is 0 Å². The Labute approximate surface area is 152 Å². The van der Waals surface area contributed by atoms with Gasteiger partial charge in [-0.05, 0) is 24.3 Å². The first-order chi connectivity index (χ1) is 12.6. The van der Waals surface area contributed by atoms with Gasteiger partial charge in [0, 0.05) is 19.7 Å². The Morgan fingerprint density at radius 1 is 1.00 bits per heavy atom. The van der Waals surface area contributed by atoms with Crippen molar-refractivity contribution in [1.29, 1.82) is 0 Å². The number of carbonyl (C=O) groups excluding carboxylic acids is 2. The van der Waals surface area contributed by atoms with Crippen molar-refractivity contribution in [2.24, 2.45) is 0 Å². The minimum absolute atomic E-state index is 0.188. The van der Waals surface area contributed by atoms with Crippen LogP contribution >= 0.6 is 0 Å². The summed E-state index contributed by atoms with van der Waals surface area (Å²) in [6, 6.07) is 13.7. The smallest absolute Gasteiger partial charge is 0.262 e. The molecule has 0 aliphatic heterocycles. The van der Waals surface area contributed by atoms with E-state index in [2.05, 4.69) is 10.6 Å². The molecule has 0 aliphatic rings. The number of hydrogen-bond acceptors (Lipinski definition) is 5. The summed E-state index contributed by atoms with van der Waals surface area (Å²) in [7, 11) is 3.11. The minimum atomic E-state index is -0.370. The number of carbonyl (C=O) groups is 2. The summed E-state index contributed by atoms with van der Waals surface area (Å²) in [5, 5.41) is 5.42. The van der Waals surface area contributed by atoms with E-state index in [1.807, 2.05) is 0 Å². The molecule has 0 saturated heterocycles. The molecule has 2 N–H and O–H groups in total. The van der Waals surface area contributed by atoms with Crippen molar-refractivity contribution in [1.82, 2.24) is 5.32 Å². The van der Waals surface area contributed by atoms with Crippen molar-refractivity contribution in [3.63, 3.8) is 0 Å². The average Bonchev–Trinajstić information content (AvgIpc) is 2.67. The van der Waals surface area contributed by atoms with Gasteiger partial charge in [0.05, 0.1) is 25.0 Å². The zero-order chi connectivity index (χ0) is 18.8. The second kappa shape index (κ2) is 10.0. The van der Waals surface area contributed by atoms with Gasteiger partial charge in [0.2, 0.25) is 0 Å². The zero-order valence-electron chi connectivity index (χ0n) is 14.8. The van der Waals surface area contributed by atoms with Gasteiger partial charge >= 0.3 is 0 Å². The van der Waals surface area contributed by atoms with E-state index in [4.69, 9.17) is 14.2 Å². The maximum atomic E-state index is 12.2. The molecule has 138 valence electrons. The largest absolute Gasteiger partial charge is 0.497 e. The molecule has 2 aromatic rings. The lowest BCUT2D eigenvalue weighted by Crippen LogP contribution is -2.28. The van der Waals surface area contributed by atoms with E-state index in [1.165, 1.54) is 0 Å². The van der Waals surface area contributed by atoms with Crippen LogP contribution in [-0.2, 0) is 9.53 Å². The third-order valence-electron chi connectivity index (χ3n) is 3.45. The van der Waals surface area contributed by atoms with Gasteiger partial charge in [0.15, 0.2) is 6.61 Å². The standard InChI is InChI=1S/C19H22N2O5/c1-24-11-10-20-19(23)16-8-3-4-9-17(16)21-18(22)13-26-15-7-5-6-14(12-15)25-2/h3-9,12H,10-11,13H2,1-2H3,(H,20,23)(H,21,22). The van der Waals surface area contributed by atoms with Gasteiger partial charge in [0.25, 0.3) is 11.8 Å². The summed E-state index contributed by atoms with van der Waals surface area (Å²) in [4.78, 5) is 24.4. The summed E-state index contributed by atoms with van der Waals surface area (Å²) in [6.07, 6.45) is 0. The van der Waals surface area contributed by atoms with Crippen molar-refractivity contribution < 1.29 is 23.8 Å². The van der Waals surface area contributed by atoms with Gasteiger partial charge in [-0.15, -0.1) is 0 Å². The minimum Gasteiger partial charge on any atom is -0.497 e. The van der Waals surface area contributed by atoms with Gasteiger partial charge in [0.1, 0.15) is 11.5 Å². The van der Waals surface area contributed by atoms with Gasteiger partial charge < -0.3 is 24.8 Å². The molecule has 26 heavy (non-hydrogen) atoms. The predicted octanol–water partition coefficient (Wildman–Crippen LogP) is 2.09. The summed E-state index contributed by atoms with van der Waals surface area (Å²) < 4.78 is 15.5. The number of rotatable bonds is 9. The molecule has 2 aromatic carbocycles. The van der Waals surface area contributed by atoms with Crippen LogP contribution in [0.3, 0.4) is 0 Å². The molecule has 0 atom stereocenters. The first-order valence-electron chi connectivity index (χ1n) is 8.07. The van der Waals surface area contributed by atoms with Crippen LogP contribution in [0.5, 0.6) is 11.5 Å². The number of methoxy groups -OCH3 is 2. The molecule has 2 amide bonds. The number of para-hydroxylation sites is 1. The van der Waals surface area contributed by atoms with Crippen LogP contribution in [0.1, 0.15) is 10.4 Å². The van der Waals surface area contributed by atoms with E-state index >= 15 is 0 Å². The highest BCUT2D eigenvalue weighted by Gasteiger charge is 2.13. The molecular weight excluding hydrogens is 336 g/mol. The van der Waals surface area contributed by atoms with E-state index in [1.54, 1.807) is 62.8 Å². The fraction of sp³-hybridized carbons (Fsp3) is 0.263. The van der Waals surface area contributed by atoms with Crippen molar-refractivity contribution in [3.8, 4) is 11.5 Å². The Morgan fingerprint density at radius 3 is 2.54 bits per heavy atom. The topological polar surface area (TPSA) is 85.9 Å². The van der Waals surface area contributed by atoms with E-state index in [0.29, 0.717) is 35.9 Å². The molecule has 7 nitrogen and oxygen atoms in total. The first-order valence-corrected chi connectivity index (χ1v) is 8.07. The molecule has 0 fully saturated rings. The molecule has 0 saturated carbocycles. The molecule has 0 bridgehead atoms. The summed E-state index contributed by atoms with van der Waals surface area (Å²) >= 11 is 0. The maximum absolute atomic E-state index is 12.2. The molecule has 7 heteroatoms. The number of nitrogens with one attached hydrogen (secondary N) is 2. The SMILES string of the molecule is COCCNC(=O)c1ccccc1NC(=O)COc1cccc(OC)c1. The highest BCUT2D eigenvalue weighted by molar-refractivity contribution is 6.04. The van der Waals surface area contributed by atoms with Gasteiger partial charge in [-0.25, -0.2) is 0 Å².